The Kier molecular flexibility index (Phi) is 9.65. The molecule has 3 aromatic carbocycles. The molecule has 0 atom stereocenters. The number of rotatable bonds is 11. The van der Waals surface area contributed by atoms with Gasteiger partial charge in [0.05, 0.1) is 22.8 Å². The molecular weight excluding hydrogens is 577 g/mol. The Morgan fingerprint density at radius 2 is 0.950 bits per heavy atom. The first kappa shape index (κ1) is 32.7. The summed E-state index contributed by atoms with van der Waals surface area (Å²) in [4.78, 5) is 28.7. The van der Waals surface area contributed by atoms with Gasteiger partial charge < -0.3 is 4.43 Å². The van der Waals surface area contributed by atoms with Crippen LogP contribution in [-0.4, -0.2) is 46.8 Å². The van der Waals surface area contributed by atoms with Crippen LogP contribution in [0, 0.1) is 0 Å². The van der Waals surface area contributed by atoms with Crippen LogP contribution in [0.15, 0.2) is 88.7 Å². The minimum Gasteiger partial charge on any atom is -0.414 e. The Morgan fingerprint density at radius 1 is 0.575 bits per heavy atom. The molecule has 3 aromatic rings. The lowest BCUT2D eigenvalue weighted by molar-refractivity contribution is 0.0587. The third-order valence-corrected chi connectivity index (χ3v) is 76.2. The topological polar surface area (TPSA) is 43.4 Å². The van der Waals surface area contributed by atoms with Gasteiger partial charge in [-0.25, -0.2) is 0 Å². The fourth-order valence-corrected chi connectivity index (χ4v) is 102. The second kappa shape index (κ2) is 11.8. The molecule has 0 amide bonds. The van der Waals surface area contributed by atoms with Gasteiger partial charge in [-0.1, -0.05) is 113 Å². The van der Waals surface area contributed by atoms with E-state index in [9.17, 15) is 9.59 Å². The van der Waals surface area contributed by atoms with Crippen LogP contribution >= 0.6 is 11.8 Å². The van der Waals surface area contributed by atoms with E-state index in [0.29, 0.717) is 16.7 Å². The summed E-state index contributed by atoms with van der Waals surface area (Å²) in [5.41, 5.74) is 1.20. The van der Waals surface area contributed by atoms with Crippen LogP contribution in [0.4, 0.5) is 0 Å². The van der Waals surface area contributed by atoms with Gasteiger partial charge in [-0.2, -0.15) is 0 Å². The number of carbonyl (C=O) groups excluding carboxylic acids is 2. The highest BCUT2D eigenvalue weighted by Crippen LogP contribution is 2.41. The highest BCUT2D eigenvalue weighted by Gasteiger charge is 2.65. The van der Waals surface area contributed by atoms with E-state index >= 15 is 0 Å². The standard InChI is InChI=1S/C32H46O3SSi4/c1-32(2,35-40(37(3,4)5,38(6,7)8)39(9,10)11)31(34)27-19-23-29(24-20-27)36-28-21-17-26(18-22-28)30(33)25-15-13-12-14-16-25/h12-24H,1-11H3. The number of hydrogen-bond acceptors (Lipinski definition) is 4. The zero-order valence-corrected chi connectivity index (χ0v) is 31.0. The van der Waals surface area contributed by atoms with Gasteiger partial charge >= 0.3 is 0 Å². The summed E-state index contributed by atoms with van der Waals surface area (Å²) in [5, 5.41) is 0. The molecule has 0 radical (unpaired) electrons. The van der Waals surface area contributed by atoms with Crippen molar-refractivity contribution >= 4 is 53.0 Å². The molecule has 0 saturated carbocycles. The minimum atomic E-state index is -2.16. The van der Waals surface area contributed by atoms with Gasteiger partial charge in [0.15, 0.2) is 18.4 Å². The quantitative estimate of drug-likeness (QED) is 0.158. The Bertz CT molecular complexity index is 1300. The molecule has 214 valence electrons. The minimum absolute atomic E-state index is 0.0225. The third kappa shape index (κ3) is 6.79. The number of benzene rings is 3. The molecule has 0 bridgehead atoms. The molecule has 0 aliphatic carbocycles. The van der Waals surface area contributed by atoms with Crippen LogP contribution in [0.3, 0.4) is 0 Å². The van der Waals surface area contributed by atoms with E-state index in [1.54, 1.807) is 11.8 Å². The molecule has 0 aliphatic heterocycles. The lowest BCUT2D eigenvalue weighted by Gasteiger charge is -2.58. The summed E-state index contributed by atoms with van der Waals surface area (Å²) in [6.45, 7) is 24.1. The maximum atomic E-state index is 13.9. The normalized spacial score (nSPS) is 13.3. The van der Waals surface area contributed by atoms with Gasteiger partial charge in [-0.05, 0) is 50.2 Å². The molecule has 3 rings (SSSR count). The van der Waals surface area contributed by atoms with E-state index in [1.807, 2.05) is 92.7 Å². The smallest absolute Gasteiger partial charge is 0.193 e. The SMILES string of the molecule is CC(C)(O[Si]([Si](C)(C)C)([Si](C)(C)C)[Si](C)(C)C)C(=O)c1ccc(Sc2ccc(C(=O)c3ccccc3)cc2)cc1. The maximum absolute atomic E-state index is 13.9. The first-order valence-corrected chi connectivity index (χ1v) is 30.3. The highest BCUT2D eigenvalue weighted by molar-refractivity contribution is 7.99. The predicted octanol–water partition coefficient (Wildman–Crippen LogP) is 9.24. The van der Waals surface area contributed by atoms with Crippen molar-refractivity contribution in [2.45, 2.75) is 88.2 Å². The molecule has 0 unspecified atom stereocenters. The highest BCUT2D eigenvalue weighted by atomic mass is 32.2. The molecule has 0 fully saturated rings. The van der Waals surface area contributed by atoms with E-state index in [0.717, 1.165) is 9.79 Å². The van der Waals surface area contributed by atoms with Crippen molar-refractivity contribution < 1.29 is 14.0 Å². The summed E-state index contributed by atoms with van der Waals surface area (Å²) >= 11 is 1.62. The van der Waals surface area contributed by atoms with Crippen LogP contribution in [0.5, 0.6) is 0 Å². The zero-order chi connectivity index (χ0) is 30.1. The monoisotopic (exact) mass is 622 g/mol. The molecule has 0 aliphatic rings. The number of ketones is 2. The average molecular weight is 623 g/mol. The summed E-state index contributed by atoms with van der Waals surface area (Å²) in [6.07, 6.45) is 0. The lowest BCUT2D eigenvalue weighted by atomic mass is 9.97. The Morgan fingerprint density at radius 3 is 1.35 bits per heavy atom. The lowest BCUT2D eigenvalue weighted by Crippen LogP contribution is -2.85. The molecule has 0 saturated heterocycles. The fourth-order valence-electron chi connectivity index (χ4n) is 6.85. The molecule has 8 heteroatoms. The van der Waals surface area contributed by atoms with Crippen molar-refractivity contribution in [2.75, 3.05) is 0 Å². The van der Waals surface area contributed by atoms with Gasteiger partial charge in [0.2, 0.25) is 0 Å². The fraction of sp³-hybridized carbons (Fsp3) is 0.375. The van der Waals surface area contributed by atoms with Gasteiger partial charge in [-0.15, -0.1) is 0 Å². The van der Waals surface area contributed by atoms with Crippen molar-refractivity contribution in [3.8, 4) is 0 Å². The van der Waals surface area contributed by atoms with Crippen LogP contribution in [-0.2, 0) is 4.43 Å². The van der Waals surface area contributed by atoms with Gasteiger partial charge in [0.25, 0.3) is 0 Å². The first-order valence-electron chi connectivity index (χ1n) is 14.0. The summed E-state index contributed by atoms with van der Waals surface area (Å²) in [7, 11) is -5.05. The molecule has 3 nitrogen and oxygen atoms in total. The molecule has 40 heavy (non-hydrogen) atoms. The number of hydrogen-bond donors (Lipinski definition) is 0. The van der Waals surface area contributed by atoms with Crippen molar-refractivity contribution in [3.05, 3.63) is 95.6 Å². The molecule has 0 heterocycles. The van der Waals surface area contributed by atoms with E-state index in [-0.39, 0.29) is 11.6 Å². The van der Waals surface area contributed by atoms with E-state index in [4.69, 9.17) is 4.43 Å². The van der Waals surface area contributed by atoms with Gasteiger partial charge in [0.1, 0.15) is 5.60 Å². The molecular formula is C32H46O3SSi4. The second-order valence-electron chi connectivity index (χ2n) is 14.2. The van der Waals surface area contributed by atoms with Crippen LogP contribution in [0.25, 0.3) is 0 Å². The van der Waals surface area contributed by atoms with Crippen molar-refractivity contribution in [3.63, 3.8) is 0 Å². The average Bonchev–Trinajstić information content (AvgIpc) is 2.86. The second-order valence-corrected chi connectivity index (χ2v) is 54.8. The van der Waals surface area contributed by atoms with E-state index < -0.39 is 35.2 Å². The maximum Gasteiger partial charge on any atom is 0.193 e. The van der Waals surface area contributed by atoms with Crippen molar-refractivity contribution in [1.29, 1.82) is 0 Å². The molecule has 0 N–H and O–H groups in total. The first-order chi connectivity index (χ1) is 18.3. The third-order valence-electron chi connectivity index (χ3n) is 7.63. The van der Waals surface area contributed by atoms with Gasteiger partial charge in [0, 0.05) is 26.5 Å². The largest absolute Gasteiger partial charge is 0.414 e. The van der Waals surface area contributed by atoms with Crippen LogP contribution in [0.2, 0.25) is 58.9 Å². The van der Waals surface area contributed by atoms with Crippen LogP contribution < -0.4 is 0 Å². The molecule has 0 aromatic heterocycles. The summed E-state index contributed by atoms with van der Waals surface area (Å²) in [5.74, 6) is 0.0914. The predicted molar refractivity (Wildman–Crippen MR) is 182 cm³/mol. The van der Waals surface area contributed by atoms with Crippen molar-refractivity contribution in [2.24, 2.45) is 0 Å². The van der Waals surface area contributed by atoms with E-state index in [1.165, 1.54) is 0 Å². The van der Waals surface area contributed by atoms with Gasteiger partial charge in [-0.3, -0.25) is 9.59 Å². The van der Waals surface area contributed by atoms with Crippen LogP contribution in [0.1, 0.15) is 40.1 Å². The summed E-state index contributed by atoms with van der Waals surface area (Å²) < 4.78 is 7.37. The Labute approximate surface area is 249 Å². The van der Waals surface area contributed by atoms with Crippen molar-refractivity contribution in [1.82, 2.24) is 0 Å². The summed E-state index contributed by atoms with van der Waals surface area (Å²) in [6, 6.07) is 24.9. The Balaban J connectivity index is 1.79. The molecule has 0 spiro atoms. The zero-order valence-electron chi connectivity index (χ0n) is 26.1. The Hall–Kier alpha value is -1.82. The number of carbonyl (C=O) groups is 2. The van der Waals surface area contributed by atoms with E-state index in [2.05, 4.69) is 58.9 Å². The number of Topliss-reactive ketones (excluding diaryl/α,β-unsaturated/α-hetero) is 1.